The second-order valence-electron chi connectivity index (χ2n) is 7.25. The minimum atomic E-state index is -4.03. The van der Waals surface area contributed by atoms with Gasteiger partial charge in [-0.15, -0.1) is 0 Å². The van der Waals surface area contributed by atoms with E-state index in [1.165, 1.54) is 12.1 Å². The number of amides is 1. The van der Waals surface area contributed by atoms with Crippen LogP contribution in [0.15, 0.2) is 57.8 Å². The van der Waals surface area contributed by atoms with Crippen LogP contribution in [0.3, 0.4) is 0 Å². The van der Waals surface area contributed by atoms with Crippen LogP contribution in [0.1, 0.15) is 10.4 Å². The monoisotopic (exact) mass is 519 g/mol. The second-order valence-corrected chi connectivity index (χ2v) is 10.5. The van der Waals surface area contributed by atoms with Gasteiger partial charge in [-0.05, 0) is 18.2 Å². The maximum absolute atomic E-state index is 13.0. The first-order valence-electron chi connectivity index (χ1n) is 10.0. The fraction of sp³-hybridized carbons (Fsp3) is 0.200. The fourth-order valence-corrected chi connectivity index (χ4v) is 5.80. The molecule has 2 aromatic carbocycles. The van der Waals surface area contributed by atoms with Gasteiger partial charge < -0.3 is 9.64 Å². The lowest BCUT2D eigenvalue weighted by Crippen LogP contribution is -2.37. The highest BCUT2D eigenvalue weighted by atomic mass is 32.2. The predicted molar refractivity (Wildman–Crippen MR) is 125 cm³/mol. The Hall–Kier alpha value is -3.95. The summed E-state index contributed by atoms with van der Waals surface area (Å²) in [5.74, 6) is -0.691. The van der Waals surface area contributed by atoms with Gasteiger partial charge in [-0.25, -0.2) is 13.4 Å². The summed E-state index contributed by atoms with van der Waals surface area (Å²) in [6.07, 6.45) is 1.06. The number of hydrogen-bond donors (Lipinski definition) is 1. The molecule has 1 amide bonds. The van der Waals surface area contributed by atoms with E-state index in [9.17, 15) is 33.4 Å². The Labute approximate surface area is 202 Å². The minimum Gasteiger partial charge on any atom is -0.378 e. The van der Waals surface area contributed by atoms with Crippen LogP contribution >= 0.6 is 11.3 Å². The van der Waals surface area contributed by atoms with Gasteiger partial charge in [-0.2, -0.15) is 0 Å². The number of nitro groups is 2. The summed E-state index contributed by atoms with van der Waals surface area (Å²) in [6.45, 7) is 1.86. The van der Waals surface area contributed by atoms with Gasteiger partial charge in [-0.1, -0.05) is 11.3 Å². The third kappa shape index (κ3) is 5.11. The lowest BCUT2D eigenvalue weighted by molar-refractivity contribution is -0.385. The summed E-state index contributed by atoms with van der Waals surface area (Å²) in [5, 5.41) is 24.5. The Morgan fingerprint density at radius 3 is 2.29 bits per heavy atom. The quantitative estimate of drug-likeness (QED) is 0.361. The van der Waals surface area contributed by atoms with Gasteiger partial charge in [-0.3, -0.25) is 30.3 Å². The summed E-state index contributed by atoms with van der Waals surface area (Å²) in [6, 6.07) is 8.33. The fourth-order valence-electron chi connectivity index (χ4n) is 3.37. The van der Waals surface area contributed by atoms with Crippen molar-refractivity contribution in [3.63, 3.8) is 0 Å². The van der Waals surface area contributed by atoms with Crippen molar-refractivity contribution in [2.75, 3.05) is 36.5 Å². The van der Waals surface area contributed by atoms with E-state index in [0.717, 1.165) is 36.5 Å². The molecule has 3 aromatic rings. The maximum Gasteiger partial charge on any atom is 0.270 e. The average molecular weight is 520 g/mol. The van der Waals surface area contributed by atoms with E-state index in [0.29, 0.717) is 43.3 Å². The first-order valence-corrected chi connectivity index (χ1v) is 12.3. The van der Waals surface area contributed by atoms with Crippen molar-refractivity contribution >= 4 is 49.3 Å². The number of nitrogens with one attached hydrogen (secondary N) is 1. The number of ether oxygens (including phenoxy) is 1. The third-order valence-corrected chi connectivity index (χ3v) is 8.26. The van der Waals surface area contributed by atoms with Crippen LogP contribution in [0.25, 0.3) is 0 Å². The van der Waals surface area contributed by atoms with E-state index in [4.69, 9.17) is 4.74 Å². The van der Waals surface area contributed by atoms with Crippen molar-refractivity contribution in [3.05, 3.63) is 74.5 Å². The molecule has 4 rings (SSSR count). The third-order valence-electron chi connectivity index (χ3n) is 5.11. The highest BCUT2D eigenvalue weighted by molar-refractivity contribution is 7.93. The lowest BCUT2D eigenvalue weighted by Gasteiger charge is -2.30. The smallest absolute Gasteiger partial charge is 0.270 e. The highest BCUT2D eigenvalue weighted by Gasteiger charge is 2.25. The topological polar surface area (TPSA) is 175 Å². The number of benzene rings is 2. The zero-order valence-electron chi connectivity index (χ0n) is 17.8. The molecule has 0 aliphatic carbocycles. The van der Waals surface area contributed by atoms with E-state index in [1.54, 1.807) is 0 Å². The number of sulfone groups is 1. The first-order chi connectivity index (χ1) is 16.7. The van der Waals surface area contributed by atoms with Gasteiger partial charge >= 0.3 is 0 Å². The standard InChI is InChI=1S/C20H17N5O8S2/c26-19(16-11-14(25(29)30)3-6-17(16)23-7-9-33-10-8-23)22-20-21-12-18(34-20)35(31,32)15-4-1-13(2-5-15)24(27)28/h1-6,11-12H,7-10H2,(H,21,22,26). The van der Waals surface area contributed by atoms with Crippen molar-refractivity contribution in [2.45, 2.75) is 9.10 Å². The second kappa shape index (κ2) is 9.73. The molecular formula is C20H17N5O8S2. The Morgan fingerprint density at radius 1 is 1.03 bits per heavy atom. The van der Waals surface area contributed by atoms with Crippen molar-refractivity contribution in [2.24, 2.45) is 0 Å². The average Bonchev–Trinajstić information content (AvgIpc) is 3.33. The minimum absolute atomic E-state index is 0.0325. The van der Waals surface area contributed by atoms with Crippen LogP contribution in [0.4, 0.5) is 22.2 Å². The van der Waals surface area contributed by atoms with Crippen LogP contribution < -0.4 is 10.2 Å². The Balaban J connectivity index is 1.59. The molecule has 0 saturated carbocycles. The zero-order valence-corrected chi connectivity index (χ0v) is 19.5. The van der Waals surface area contributed by atoms with Crippen LogP contribution in [-0.4, -0.2) is 55.5 Å². The van der Waals surface area contributed by atoms with Crippen LogP contribution in [0.5, 0.6) is 0 Å². The Kier molecular flexibility index (Phi) is 6.72. The first kappa shape index (κ1) is 24.2. The molecule has 0 radical (unpaired) electrons. The molecule has 1 aliphatic heterocycles. The number of nitrogens with zero attached hydrogens (tertiary/aromatic N) is 4. The van der Waals surface area contributed by atoms with Crippen LogP contribution in [0, 0.1) is 20.2 Å². The number of non-ortho nitro benzene ring substituents is 2. The van der Waals surface area contributed by atoms with Gasteiger partial charge in [0.15, 0.2) is 5.13 Å². The van der Waals surface area contributed by atoms with E-state index >= 15 is 0 Å². The SMILES string of the molecule is O=C(Nc1ncc(S(=O)(=O)c2ccc([N+](=O)[O-])cc2)s1)c1cc([N+](=O)[O-])ccc1N1CCOCC1. The van der Waals surface area contributed by atoms with Gasteiger partial charge in [0.2, 0.25) is 9.84 Å². The number of carbonyl (C=O) groups excluding carboxylic acids is 1. The molecule has 0 spiro atoms. The zero-order chi connectivity index (χ0) is 25.2. The van der Waals surface area contributed by atoms with Crippen LogP contribution in [0.2, 0.25) is 0 Å². The molecule has 0 atom stereocenters. The van der Waals surface area contributed by atoms with Gasteiger partial charge in [0.1, 0.15) is 4.21 Å². The molecule has 0 unspecified atom stereocenters. The molecule has 1 saturated heterocycles. The lowest BCUT2D eigenvalue weighted by atomic mass is 10.1. The number of morpholine rings is 1. The van der Waals surface area contributed by atoms with E-state index < -0.39 is 25.6 Å². The van der Waals surface area contributed by atoms with Crippen molar-refractivity contribution in [3.8, 4) is 0 Å². The molecule has 1 aromatic heterocycles. The number of rotatable bonds is 7. The van der Waals surface area contributed by atoms with Gasteiger partial charge in [0, 0.05) is 37.4 Å². The van der Waals surface area contributed by atoms with E-state index in [2.05, 4.69) is 10.3 Å². The molecule has 1 aliphatic rings. The number of thiazole rings is 1. The largest absolute Gasteiger partial charge is 0.378 e. The summed E-state index contributed by atoms with van der Waals surface area (Å²) < 4.78 is 30.9. The van der Waals surface area contributed by atoms with Gasteiger partial charge in [0.25, 0.3) is 17.3 Å². The normalized spacial score (nSPS) is 13.9. The van der Waals surface area contributed by atoms with Crippen LogP contribution in [-0.2, 0) is 14.6 Å². The number of anilines is 2. The van der Waals surface area contributed by atoms with E-state index in [-0.39, 0.29) is 31.2 Å². The van der Waals surface area contributed by atoms with Gasteiger partial charge in [0.05, 0.1) is 45.4 Å². The van der Waals surface area contributed by atoms with Crippen molar-refractivity contribution in [1.82, 2.24) is 4.98 Å². The molecule has 15 heteroatoms. The number of aromatic nitrogens is 1. The summed E-state index contributed by atoms with van der Waals surface area (Å²) in [5.41, 5.74) is -0.00951. The molecule has 1 fully saturated rings. The summed E-state index contributed by atoms with van der Waals surface area (Å²) in [7, 11) is -4.03. The molecule has 1 N–H and O–H groups in total. The number of nitro benzene ring substituents is 2. The van der Waals surface area contributed by atoms with Crippen molar-refractivity contribution in [1.29, 1.82) is 0 Å². The Morgan fingerprint density at radius 2 is 1.66 bits per heavy atom. The molecule has 182 valence electrons. The summed E-state index contributed by atoms with van der Waals surface area (Å²) >= 11 is 0.688. The number of hydrogen-bond acceptors (Lipinski definition) is 11. The number of carbonyl (C=O) groups is 1. The molecule has 2 heterocycles. The van der Waals surface area contributed by atoms with Crippen molar-refractivity contribution < 1.29 is 27.8 Å². The summed E-state index contributed by atoms with van der Waals surface area (Å²) in [4.78, 5) is 39.5. The molecule has 0 bridgehead atoms. The predicted octanol–water partition coefficient (Wildman–Crippen LogP) is 2.88. The highest BCUT2D eigenvalue weighted by Crippen LogP contribution is 2.31. The molecule has 13 nitrogen and oxygen atoms in total. The Bertz CT molecular complexity index is 1400. The molecule has 35 heavy (non-hydrogen) atoms. The molecular weight excluding hydrogens is 502 g/mol. The maximum atomic E-state index is 13.0. The van der Waals surface area contributed by atoms with E-state index in [1.807, 2.05) is 4.90 Å².